The van der Waals surface area contributed by atoms with Gasteiger partial charge in [-0.3, -0.25) is 9.10 Å². The van der Waals surface area contributed by atoms with E-state index in [9.17, 15) is 13.2 Å². The minimum atomic E-state index is -4.08. The molecule has 8 nitrogen and oxygen atoms in total. The number of carbonyl (C=O) groups is 1. The number of nitrogens with zero attached hydrogens (tertiary/aromatic N) is 2. The molecule has 190 valence electrons. The molecular weight excluding hydrogens is 546 g/mol. The number of nitrogens with one attached hydrogen (secondary N) is 1. The Morgan fingerprint density at radius 1 is 1.08 bits per heavy atom. The van der Waals surface area contributed by atoms with Gasteiger partial charge in [0.15, 0.2) is 0 Å². The van der Waals surface area contributed by atoms with Crippen molar-refractivity contribution >= 4 is 43.8 Å². The molecule has 0 bridgehead atoms. The van der Waals surface area contributed by atoms with E-state index in [0.717, 1.165) is 21.2 Å². The first-order valence-electron chi connectivity index (χ1n) is 11.1. The summed E-state index contributed by atoms with van der Waals surface area (Å²) >= 11 is 3.32. The van der Waals surface area contributed by atoms with Gasteiger partial charge in [-0.2, -0.15) is 5.10 Å². The van der Waals surface area contributed by atoms with E-state index in [0.29, 0.717) is 15.9 Å². The van der Waals surface area contributed by atoms with Crippen molar-refractivity contribution in [1.82, 2.24) is 5.43 Å². The van der Waals surface area contributed by atoms with E-state index < -0.39 is 22.5 Å². The Bertz CT molecular complexity index is 1320. The zero-order chi connectivity index (χ0) is 26.3. The summed E-state index contributed by atoms with van der Waals surface area (Å²) in [6, 6.07) is 18.5. The van der Waals surface area contributed by atoms with Crippen LogP contribution in [0.4, 0.5) is 5.69 Å². The molecule has 0 saturated heterocycles. The van der Waals surface area contributed by atoms with Gasteiger partial charge in [0.25, 0.3) is 15.9 Å². The van der Waals surface area contributed by atoms with Crippen molar-refractivity contribution in [3.8, 4) is 11.5 Å². The van der Waals surface area contributed by atoms with Crippen LogP contribution in [-0.4, -0.2) is 40.3 Å². The van der Waals surface area contributed by atoms with Gasteiger partial charge in [0.2, 0.25) is 0 Å². The summed E-state index contributed by atoms with van der Waals surface area (Å²) in [7, 11) is -2.59. The monoisotopic (exact) mass is 573 g/mol. The molecule has 0 aliphatic rings. The third kappa shape index (κ3) is 7.08. The Morgan fingerprint density at radius 3 is 2.33 bits per heavy atom. The van der Waals surface area contributed by atoms with Gasteiger partial charge in [0.05, 0.1) is 34.5 Å². The Morgan fingerprint density at radius 2 is 1.75 bits per heavy atom. The zero-order valence-electron chi connectivity index (χ0n) is 20.4. The molecule has 0 spiro atoms. The molecule has 0 aliphatic carbocycles. The van der Waals surface area contributed by atoms with E-state index in [-0.39, 0.29) is 11.0 Å². The average Bonchev–Trinajstić information content (AvgIpc) is 2.84. The summed E-state index contributed by atoms with van der Waals surface area (Å²) in [5, 5.41) is 3.97. The second-order valence-corrected chi connectivity index (χ2v) is 10.9. The lowest BCUT2D eigenvalue weighted by molar-refractivity contribution is -0.119. The molecule has 1 N–H and O–H groups in total. The number of benzene rings is 3. The molecule has 0 heterocycles. The van der Waals surface area contributed by atoms with Crippen molar-refractivity contribution in [3.63, 3.8) is 0 Å². The largest absolute Gasteiger partial charge is 0.496 e. The lowest BCUT2D eigenvalue weighted by atomic mass is 10.2. The third-order valence-electron chi connectivity index (χ3n) is 4.98. The summed E-state index contributed by atoms with van der Waals surface area (Å²) in [6.45, 7) is 5.32. The van der Waals surface area contributed by atoms with Crippen LogP contribution in [0.1, 0.15) is 25.0 Å². The summed E-state index contributed by atoms with van der Waals surface area (Å²) < 4.78 is 39.4. The summed E-state index contributed by atoms with van der Waals surface area (Å²) in [6.07, 6.45) is 1.54. The Balaban J connectivity index is 1.79. The van der Waals surface area contributed by atoms with Crippen molar-refractivity contribution in [2.45, 2.75) is 31.8 Å². The SMILES string of the molecule is COc1ccc(S(=O)(=O)N(CC(=O)N/N=C\c2ccc(OC(C)C)cc2)c2ccc(C)cc2)cc1Br. The second-order valence-electron chi connectivity index (χ2n) is 8.17. The third-order valence-corrected chi connectivity index (χ3v) is 7.36. The number of halogens is 1. The molecule has 0 unspecified atom stereocenters. The van der Waals surface area contributed by atoms with Gasteiger partial charge < -0.3 is 9.47 Å². The molecule has 0 aliphatic heterocycles. The van der Waals surface area contributed by atoms with Gasteiger partial charge in [-0.25, -0.2) is 13.8 Å². The quantitative estimate of drug-likeness (QED) is 0.275. The number of carbonyl (C=O) groups excluding carboxylic acids is 1. The Kier molecular flexibility index (Phi) is 9.11. The standard InChI is InChI=1S/C26H28BrN3O5S/c1-18(2)35-22-11-7-20(8-12-22)16-28-29-26(31)17-30(21-9-5-19(3)6-10-21)36(32,33)23-13-14-25(34-4)24(27)15-23/h5-16,18H,17H2,1-4H3,(H,29,31)/b28-16-. The van der Waals surface area contributed by atoms with E-state index in [1.165, 1.54) is 25.5 Å². The van der Waals surface area contributed by atoms with Crippen LogP contribution < -0.4 is 19.2 Å². The average molecular weight is 574 g/mol. The number of anilines is 1. The minimum Gasteiger partial charge on any atom is -0.496 e. The first-order chi connectivity index (χ1) is 17.1. The summed E-state index contributed by atoms with van der Waals surface area (Å²) in [4.78, 5) is 12.7. The fourth-order valence-electron chi connectivity index (χ4n) is 3.21. The van der Waals surface area contributed by atoms with E-state index in [1.807, 2.05) is 32.9 Å². The highest BCUT2D eigenvalue weighted by molar-refractivity contribution is 9.10. The van der Waals surface area contributed by atoms with Crippen LogP contribution in [0.25, 0.3) is 0 Å². The lowest BCUT2D eigenvalue weighted by Crippen LogP contribution is -2.39. The predicted octanol–water partition coefficient (Wildman–Crippen LogP) is 4.90. The van der Waals surface area contributed by atoms with Gasteiger partial charge in [0.1, 0.15) is 18.0 Å². The maximum atomic E-state index is 13.5. The van der Waals surface area contributed by atoms with E-state index in [1.54, 1.807) is 42.5 Å². The first kappa shape index (κ1) is 27.2. The van der Waals surface area contributed by atoms with E-state index >= 15 is 0 Å². The molecule has 10 heteroatoms. The fourth-order valence-corrected chi connectivity index (χ4v) is 5.35. The Hall–Kier alpha value is -3.37. The topological polar surface area (TPSA) is 97.3 Å². The zero-order valence-corrected chi connectivity index (χ0v) is 22.8. The first-order valence-corrected chi connectivity index (χ1v) is 13.3. The molecular formula is C26H28BrN3O5S. The van der Waals surface area contributed by atoms with Gasteiger partial charge in [-0.15, -0.1) is 0 Å². The molecule has 3 aromatic rings. The van der Waals surface area contributed by atoms with Crippen LogP contribution in [0.5, 0.6) is 11.5 Å². The van der Waals surface area contributed by atoms with Crippen molar-refractivity contribution in [2.24, 2.45) is 5.10 Å². The van der Waals surface area contributed by atoms with E-state index in [4.69, 9.17) is 9.47 Å². The molecule has 0 radical (unpaired) electrons. The predicted molar refractivity (Wildman–Crippen MR) is 144 cm³/mol. The number of aryl methyl sites for hydroxylation is 1. The highest BCUT2D eigenvalue weighted by atomic mass is 79.9. The summed E-state index contributed by atoms with van der Waals surface area (Å²) in [5.41, 5.74) is 4.47. The number of rotatable bonds is 10. The molecule has 0 saturated carbocycles. The maximum absolute atomic E-state index is 13.5. The van der Waals surface area contributed by atoms with E-state index in [2.05, 4.69) is 26.5 Å². The second kappa shape index (κ2) is 12.0. The molecule has 0 atom stereocenters. The normalized spacial score (nSPS) is 11.5. The highest BCUT2D eigenvalue weighted by Gasteiger charge is 2.28. The number of methoxy groups -OCH3 is 1. The number of ether oxygens (including phenoxy) is 2. The van der Waals surface area contributed by atoms with Crippen LogP contribution in [0.15, 0.2) is 81.2 Å². The van der Waals surface area contributed by atoms with Crippen LogP contribution in [0.2, 0.25) is 0 Å². The van der Waals surface area contributed by atoms with Crippen LogP contribution in [0, 0.1) is 6.92 Å². The van der Waals surface area contributed by atoms with Crippen LogP contribution >= 0.6 is 15.9 Å². The number of amides is 1. The van der Waals surface area contributed by atoms with Gasteiger partial charge >= 0.3 is 0 Å². The molecule has 3 aromatic carbocycles. The van der Waals surface area contributed by atoms with Crippen molar-refractivity contribution in [2.75, 3.05) is 18.0 Å². The number of hydrogen-bond acceptors (Lipinski definition) is 6. The number of hydrogen-bond donors (Lipinski definition) is 1. The smallest absolute Gasteiger partial charge is 0.264 e. The van der Waals surface area contributed by atoms with Gasteiger partial charge in [0, 0.05) is 0 Å². The van der Waals surface area contributed by atoms with Crippen molar-refractivity contribution in [3.05, 3.63) is 82.3 Å². The summed E-state index contributed by atoms with van der Waals surface area (Å²) in [5.74, 6) is 0.629. The lowest BCUT2D eigenvalue weighted by Gasteiger charge is -2.24. The molecule has 0 fully saturated rings. The van der Waals surface area contributed by atoms with Crippen molar-refractivity contribution in [1.29, 1.82) is 0 Å². The fraction of sp³-hybridized carbons (Fsp3) is 0.231. The molecule has 1 amide bonds. The highest BCUT2D eigenvalue weighted by Crippen LogP contribution is 2.30. The Labute approximate surface area is 220 Å². The molecule has 3 rings (SSSR count). The number of hydrazone groups is 1. The van der Waals surface area contributed by atoms with Crippen molar-refractivity contribution < 1.29 is 22.7 Å². The van der Waals surface area contributed by atoms with Gasteiger partial charge in [-0.05, 0) is 96.9 Å². The van der Waals surface area contributed by atoms with Crippen LogP contribution in [-0.2, 0) is 14.8 Å². The molecule has 36 heavy (non-hydrogen) atoms. The maximum Gasteiger partial charge on any atom is 0.264 e. The molecule has 0 aromatic heterocycles. The number of sulfonamides is 1. The minimum absolute atomic E-state index is 0.00996. The van der Waals surface area contributed by atoms with Gasteiger partial charge in [-0.1, -0.05) is 17.7 Å². The van der Waals surface area contributed by atoms with Crippen LogP contribution in [0.3, 0.4) is 0 Å².